The van der Waals surface area contributed by atoms with Crippen LogP contribution in [-0.4, -0.2) is 15.5 Å². The molecule has 0 aliphatic heterocycles. The van der Waals surface area contributed by atoms with E-state index in [-0.39, 0.29) is 0 Å². The summed E-state index contributed by atoms with van der Waals surface area (Å²) in [5, 5.41) is 46.0. The lowest BCUT2D eigenvalue weighted by Crippen LogP contribution is -2.27. The van der Waals surface area contributed by atoms with Gasteiger partial charge >= 0.3 is 0 Å². The summed E-state index contributed by atoms with van der Waals surface area (Å²) >= 11 is 0. The van der Waals surface area contributed by atoms with Crippen LogP contribution in [0.25, 0.3) is 0 Å². The summed E-state index contributed by atoms with van der Waals surface area (Å²) in [5.74, 6) is 0. The summed E-state index contributed by atoms with van der Waals surface area (Å²) in [5.41, 5.74) is 3.09. The molecule has 3 aromatic rings. The number of hydrogen-bond acceptors (Lipinski definition) is 10. The Kier molecular flexibility index (Phi) is 6.06. The van der Waals surface area contributed by atoms with Crippen molar-refractivity contribution in [3.63, 3.8) is 0 Å². The maximum atomic E-state index is 10.9. The Hall–Kier alpha value is -3.22. The monoisotopic (exact) mass is 369 g/mol. The molecule has 1 N–H and O–H groups in total. The van der Waals surface area contributed by atoms with Crippen molar-refractivity contribution >= 4 is 0 Å². The Morgan fingerprint density at radius 2 is 1.08 bits per heavy atom. The van der Waals surface area contributed by atoms with Crippen molar-refractivity contribution in [2.45, 2.75) is 47.2 Å². The highest BCUT2D eigenvalue weighted by molar-refractivity contribution is 5.03. The summed E-state index contributed by atoms with van der Waals surface area (Å²) in [6, 6.07) is 0. The van der Waals surface area contributed by atoms with Crippen LogP contribution in [-0.2, 0) is 19.5 Å². The zero-order valence-electron chi connectivity index (χ0n) is 14.8. The van der Waals surface area contributed by atoms with E-state index in [9.17, 15) is 15.6 Å². The number of nitrogens with one attached hydrogen (secondary N) is 1. The third-order valence-electron chi connectivity index (χ3n) is 3.67. The summed E-state index contributed by atoms with van der Waals surface area (Å²) < 4.78 is 13.1. The van der Waals surface area contributed by atoms with E-state index in [4.69, 9.17) is 0 Å². The first-order chi connectivity index (χ1) is 12.3. The fourth-order valence-electron chi connectivity index (χ4n) is 1.90. The molecule has 0 saturated heterocycles. The molecule has 26 heavy (non-hydrogen) atoms. The van der Waals surface area contributed by atoms with Crippen LogP contribution in [0.3, 0.4) is 0 Å². The first kappa shape index (κ1) is 19.1. The number of rotatable bonds is 5. The highest BCUT2D eigenvalue weighted by Crippen LogP contribution is 2.01. The molecule has 13 heteroatoms. The van der Waals surface area contributed by atoms with E-state index in [1.165, 1.54) is 0 Å². The molecule has 3 aromatic heterocycles. The molecule has 0 saturated carbocycles. The molecule has 0 bridgehead atoms. The normalized spacial score (nSPS) is 10.6. The lowest BCUT2D eigenvalue weighted by molar-refractivity contribution is -0.807. The predicted octanol–water partition coefficient (Wildman–Crippen LogP) is -0.985. The van der Waals surface area contributed by atoms with Crippen LogP contribution < -0.4 is 20.0 Å². The van der Waals surface area contributed by atoms with Crippen molar-refractivity contribution in [3.8, 4) is 0 Å². The van der Waals surface area contributed by atoms with Gasteiger partial charge in [0.2, 0.25) is 17.1 Å². The van der Waals surface area contributed by atoms with Gasteiger partial charge < -0.3 is 20.9 Å². The van der Waals surface area contributed by atoms with Crippen molar-refractivity contribution in [2.24, 2.45) is 0 Å². The number of hydrogen-bond donors (Lipinski definition) is 1. The van der Waals surface area contributed by atoms with Crippen molar-refractivity contribution in [1.29, 1.82) is 0 Å². The Morgan fingerprint density at radius 3 is 1.31 bits per heavy atom. The zero-order valence-corrected chi connectivity index (χ0v) is 14.8. The minimum Gasteiger partial charge on any atom is -0.359 e. The highest BCUT2D eigenvalue weighted by Gasteiger charge is 2.16. The van der Waals surface area contributed by atoms with Gasteiger partial charge in [0.1, 0.15) is 0 Å². The third-order valence-corrected chi connectivity index (χ3v) is 3.67. The van der Waals surface area contributed by atoms with Gasteiger partial charge in [-0.05, 0) is 14.7 Å². The van der Waals surface area contributed by atoms with Gasteiger partial charge in [-0.15, -0.1) is 0 Å². The van der Waals surface area contributed by atoms with Gasteiger partial charge in [0.05, 0.1) is 13.1 Å². The molecule has 0 spiro atoms. The van der Waals surface area contributed by atoms with Crippen molar-refractivity contribution < 1.29 is 28.6 Å². The molecule has 3 heterocycles. The third kappa shape index (κ3) is 4.24. The van der Waals surface area contributed by atoms with E-state index < -0.39 is 0 Å². The number of aryl methyl sites for hydroxylation is 1. The molecule has 0 radical (unpaired) electrons. The largest absolute Gasteiger partial charge is 0.359 e. The minimum absolute atomic E-state index is 0.337. The average molecular weight is 369 g/mol. The van der Waals surface area contributed by atoms with E-state index in [1.54, 1.807) is 20.8 Å². The molecule has 0 amide bonds. The molecule has 0 aliphatic rings. The maximum Gasteiger partial charge on any atom is 0.234 e. The molecule has 13 nitrogen and oxygen atoms in total. The molecule has 0 aliphatic carbocycles. The molecule has 0 fully saturated rings. The minimum atomic E-state index is 0.337. The standard InChI is InChI=1S/C8H11N5O4.C5H8N2O2/c1-5-7(10-16-12(5)14)3-9-4-8-6(2)13(15)17-11-8;1-3-5-4(2)7(8)9-6-5/h9H,3-4H2,1-2H3;3H2,1-2H3. The van der Waals surface area contributed by atoms with Crippen LogP contribution in [0, 0.1) is 36.4 Å². The molecular formula is C13H19N7O6. The molecule has 142 valence electrons. The van der Waals surface area contributed by atoms with Gasteiger partial charge in [-0.2, -0.15) is 0 Å². The Morgan fingerprint density at radius 1 is 0.731 bits per heavy atom. The van der Waals surface area contributed by atoms with Gasteiger partial charge in [-0.1, -0.05) is 6.92 Å². The van der Waals surface area contributed by atoms with E-state index >= 15 is 0 Å². The van der Waals surface area contributed by atoms with Crippen LogP contribution in [0.2, 0.25) is 0 Å². The fourth-order valence-corrected chi connectivity index (χ4v) is 1.90. The smallest absolute Gasteiger partial charge is 0.234 e. The first-order valence-electron chi connectivity index (χ1n) is 7.71. The van der Waals surface area contributed by atoms with Gasteiger partial charge in [-0.25, -0.2) is 0 Å². The Bertz CT molecular complexity index is 809. The predicted molar refractivity (Wildman–Crippen MR) is 80.5 cm³/mol. The summed E-state index contributed by atoms with van der Waals surface area (Å²) in [6.45, 7) is 7.50. The number of nitrogens with zero attached hydrogens (tertiary/aromatic N) is 6. The highest BCUT2D eigenvalue weighted by atomic mass is 16.8. The average Bonchev–Trinajstić information content (AvgIpc) is 3.24. The zero-order chi connectivity index (χ0) is 19.3. The van der Waals surface area contributed by atoms with Crippen LogP contribution in [0.1, 0.15) is 41.1 Å². The number of aromatic nitrogens is 6. The summed E-state index contributed by atoms with van der Waals surface area (Å²) in [4.78, 5) is 1.09. The molecular weight excluding hydrogens is 350 g/mol. The Labute approximate surface area is 147 Å². The molecule has 0 unspecified atom stereocenters. The second-order valence-corrected chi connectivity index (χ2v) is 5.34. The lowest BCUT2D eigenvalue weighted by atomic mass is 10.3. The van der Waals surface area contributed by atoms with Crippen molar-refractivity contribution in [2.75, 3.05) is 0 Å². The van der Waals surface area contributed by atoms with Gasteiger partial charge in [-0.3, -0.25) is 13.9 Å². The second-order valence-electron chi connectivity index (χ2n) is 5.34. The molecule has 0 aromatic carbocycles. The van der Waals surface area contributed by atoms with Crippen LogP contribution in [0.15, 0.2) is 13.9 Å². The fraction of sp³-hybridized carbons (Fsp3) is 0.538. The van der Waals surface area contributed by atoms with Gasteiger partial charge in [0.25, 0.3) is 0 Å². The van der Waals surface area contributed by atoms with Crippen molar-refractivity contribution in [3.05, 3.63) is 49.8 Å². The SMILES string of the molecule is CCc1no[n+]([O-])c1C.Cc1c(CNCc2no[n+]([O-])c2C)no[n+]1[O-]. The molecule has 3 rings (SSSR count). The lowest BCUT2D eigenvalue weighted by Gasteiger charge is -1.95. The van der Waals surface area contributed by atoms with Crippen LogP contribution in [0.4, 0.5) is 0 Å². The van der Waals surface area contributed by atoms with E-state index in [1.807, 2.05) is 6.92 Å². The topological polar surface area (TPSA) is 171 Å². The van der Waals surface area contributed by atoms with E-state index in [0.717, 1.165) is 12.1 Å². The summed E-state index contributed by atoms with van der Waals surface area (Å²) in [7, 11) is 0. The van der Waals surface area contributed by atoms with E-state index in [2.05, 4.69) is 34.7 Å². The van der Waals surface area contributed by atoms with Gasteiger partial charge in [0.15, 0.2) is 17.1 Å². The van der Waals surface area contributed by atoms with Crippen LogP contribution >= 0.6 is 0 Å². The quantitative estimate of drug-likeness (QED) is 0.551. The Balaban J connectivity index is 0.000000228. The molecule has 0 atom stereocenters. The van der Waals surface area contributed by atoms with E-state index in [0.29, 0.717) is 56.3 Å². The van der Waals surface area contributed by atoms with Crippen LogP contribution in [0.5, 0.6) is 0 Å². The summed E-state index contributed by atoms with van der Waals surface area (Å²) in [6.07, 6.45) is 0.741. The van der Waals surface area contributed by atoms with Gasteiger partial charge in [0, 0.05) is 42.7 Å². The maximum absolute atomic E-state index is 10.9. The van der Waals surface area contributed by atoms with Crippen molar-refractivity contribution in [1.82, 2.24) is 20.8 Å². The second kappa shape index (κ2) is 8.24. The first-order valence-corrected chi connectivity index (χ1v) is 7.71.